The number of amides is 1. The molecule has 0 saturated heterocycles. The Morgan fingerprint density at radius 1 is 1.12 bits per heavy atom. The molecular formula is C26H25ClN2O4. The lowest BCUT2D eigenvalue weighted by Crippen LogP contribution is -2.20. The second-order valence-electron chi connectivity index (χ2n) is 7.77. The maximum atomic E-state index is 12.4. The SMILES string of the molecule is CCC(C)c1ccc(OCC(=O)Nc2ccc3oc(-c4ccc(OC)c(Cl)c4)nc3c2)cc1. The van der Waals surface area contributed by atoms with Crippen LogP contribution >= 0.6 is 11.6 Å². The molecule has 170 valence electrons. The first-order chi connectivity index (χ1) is 16.0. The largest absolute Gasteiger partial charge is 0.495 e. The van der Waals surface area contributed by atoms with Gasteiger partial charge in [-0.25, -0.2) is 4.98 Å². The summed E-state index contributed by atoms with van der Waals surface area (Å²) in [4.78, 5) is 16.9. The van der Waals surface area contributed by atoms with Crippen molar-refractivity contribution in [2.75, 3.05) is 19.0 Å². The number of benzene rings is 3. The first-order valence-corrected chi connectivity index (χ1v) is 11.1. The van der Waals surface area contributed by atoms with Crippen molar-refractivity contribution in [3.63, 3.8) is 0 Å². The smallest absolute Gasteiger partial charge is 0.262 e. The molecule has 1 heterocycles. The van der Waals surface area contributed by atoms with E-state index in [1.807, 2.05) is 30.3 Å². The highest BCUT2D eigenvalue weighted by Gasteiger charge is 2.12. The van der Waals surface area contributed by atoms with Crippen molar-refractivity contribution in [2.24, 2.45) is 0 Å². The molecule has 6 nitrogen and oxygen atoms in total. The number of carbonyl (C=O) groups excluding carboxylic acids is 1. The summed E-state index contributed by atoms with van der Waals surface area (Å²) in [7, 11) is 1.56. The fraction of sp³-hybridized carbons (Fsp3) is 0.231. The monoisotopic (exact) mass is 464 g/mol. The highest BCUT2D eigenvalue weighted by atomic mass is 35.5. The number of nitrogens with zero attached hydrogens (tertiary/aromatic N) is 1. The molecule has 0 saturated carbocycles. The van der Waals surface area contributed by atoms with Crippen molar-refractivity contribution in [3.05, 3.63) is 71.2 Å². The van der Waals surface area contributed by atoms with Crippen LogP contribution in [-0.4, -0.2) is 24.6 Å². The Morgan fingerprint density at radius 2 is 1.91 bits per heavy atom. The molecule has 4 rings (SSSR count). The minimum Gasteiger partial charge on any atom is -0.495 e. The number of ether oxygens (including phenoxy) is 2. The second-order valence-corrected chi connectivity index (χ2v) is 8.17. The summed E-state index contributed by atoms with van der Waals surface area (Å²) in [5, 5.41) is 3.30. The Kier molecular flexibility index (Phi) is 6.84. The molecule has 1 amide bonds. The van der Waals surface area contributed by atoms with Gasteiger partial charge in [-0.1, -0.05) is 37.6 Å². The predicted molar refractivity (Wildman–Crippen MR) is 130 cm³/mol. The van der Waals surface area contributed by atoms with Crippen LogP contribution in [-0.2, 0) is 4.79 Å². The molecule has 0 spiro atoms. The molecular weight excluding hydrogens is 440 g/mol. The van der Waals surface area contributed by atoms with E-state index in [-0.39, 0.29) is 12.5 Å². The summed E-state index contributed by atoms with van der Waals surface area (Å²) in [6.45, 7) is 4.25. The zero-order valence-corrected chi connectivity index (χ0v) is 19.5. The lowest BCUT2D eigenvalue weighted by molar-refractivity contribution is -0.118. The molecule has 0 radical (unpaired) electrons. The minimum atomic E-state index is -0.258. The van der Waals surface area contributed by atoms with E-state index in [2.05, 4.69) is 24.1 Å². The summed E-state index contributed by atoms with van der Waals surface area (Å²) in [5.74, 6) is 1.91. The van der Waals surface area contributed by atoms with Gasteiger partial charge >= 0.3 is 0 Å². The molecule has 0 aliphatic heterocycles. The van der Waals surface area contributed by atoms with Crippen LogP contribution in [0.1, 0.15) is 31.7 Å². The van der Waals surface area contributed by atoms with E-state index in [4.69, 9.17) is 25.5 Å². The average molecular weight is 465 g/mol. The molecule has 7 heteroatoms. The first kappa shape index (κ1) is 22.7. The van der Waals surface area contributed by atoms with Crippen LogP contribution in [0.15, 0.2) is 65.1 Å². The van der Waals surface area contributed by atoms with Crippen molar-refractivity contribution >= 4 is 34.3 Å². The van der Waals surface area contributed by atoms with Gasteiger partial charge in [-0.2, -0.15) is 0 Å². The van der Waals surface area contributed by atoms with Gasteiger partial charge in [0, 0.05) is 11.3 Å². The third kappa shape index (κ3) is 5.29. The van der Waals surface area contributed by atoms with Crippen LogP contribution in [0.2, 0.25) is 5.02 Å². The zero-order valence-electron chi connectivity index (χ0n) is 18.7. The van der Waals surface area contributed by atoms with Gasteiger partial charge in [0.2, 0.25) is 5.89 Å². The third-order valence-electron chi connectivity index (χ3n) is 5.50. The van der Waals surface area contributed by atoms with Crippen LogP contribution in [0.25, 0.3) is 22.6 Å². The Morgan fingerprint density at radius 3 is 2.61 bits per heavy atom. The average Bonchev–Trinajstić information content (AvgIpc) is 3.26. The molecule has 0 aliphatic rings. The van der Waals surface area contributed by atoms with Gasteiger partial charge in [0.05, 0.1) is 12.1 Å². The van der Waals surface area contributed by atoms with Crippen LogP contribution in [0.5, 0.6) is 11.5 Å². The number of methoxy groups -OCH3 is 1. The molecule has 0 fully saturated rings. The number of rotatable bonds is 8. The molecule has 1 atom stereocenters. The highest BCUT2D eigenvalue weighted by molar-refractivity contribution is 6.32. The molecule has 1 aromatic heterocycles. The van der Waals surface area contributed by atoms with Crippen molar-refractivity contribution < 1.29 is 18.7 Å². The normalized spacial score (nSPS) is 11.9. The minimum absolute atomic E-state index is 0.0882. The summed E-state index contributed by atoms with van der Waals surface area (Å²) in [5.41, 5.74) is 3.82. The maximum Gasteiger partial charge on any atom is 0.262 e. The van der Waals surface area contributed by atoms with E-state index >= 15 is 0 Å². The van der Waals surface area contributed by atoms with Crippen LogP contribution in [0.3, 0.4) is 0 Å². The summed E-state index contributed by atoms with van der Waals surface area (Å²) < 4.78 is 16.6. The van der Waals surface area contributed by atoms with E-state index < -0.39 is 0 Å². The van der Waals surface area contributed by atoms with E-state index in [1.165, 1.54) is 5.56 Å². The third-order valence-corrected chi connectivity index (χ3v) is 5.80. The quantitative estimate of drug-likeness (QED) is 0.314. The standard InChI is InChI=1S/C26H25ClN2O4/c1-4-16(2)17-5-9-20(10-6-17)32-15-25(30)28-19-8-12-24-22(14-19)29-26(33-24)18-7-11-23(31-3)21(27)13-18/h5-14,16H,4,15H2,1-3H3,(H,28,30). The zero-order chi connectivity index (χ0) is 23.4. The van der Waals surface area contributed by atoms with Gasteiger partial charge in [-0.3, -0.25) is 4.79 Å². The van der Waals surface area contributed by atoms with Crippen LogP contribution in [0.4, 0.5) is 5.69 Å². The Hall–Kier alpha value is -3.51. The number of hydrogen-bond acceptors (Lipinski definition) is 5. The van der Waals surface area contributed by atoms with Crippen LogP contribution < -0.4 is 14.8 Å². The molecule has 4 aromatic rings. The number of fused-ring (bicyclic) bond motifs is 1. The molecule has 3 aromatic carbocycles. The number of nitrogens with one attached hydrogen (secondary N) is 1. The molecule has 0 aliphatic carbocycles. The fourth-order valence-corrected chi connectivity index (χ4v) is 3.66. The number of aromatic nitrogens is 1. The van der Waals surface area contributed by atoms with Gasteiger partial charge in [0.15, 0.2) is 12.2 Å². The van der Waals surface area contributed by atoms with E-state index in [9.17, 15) is 4.79 Å². The van der Waals surface area contributed by atoms with Crippen molar-refractivity contribution in [1.29, 1.82) is 0 Å². The number of oxazole rings is 1. The number of halogens is 1. The number of anilines is 1. The van der Waals surface area contributed by atoms with Crippen molar-refractivity contribution in [3.8, 4) is 23.0 Å². The summed E-state index contributed by atoms with van der Waals surface area (Å²) in [6, 6.07) is 18.5. The summed E-state index contributed by atoms with van der Waals surface area (Å²) >= 11 is 6.21. The van der Waals surface area contributed by atoms with Gasteiger partial charge < -0.3 is 19.2 Å². The van der Waals surface area contributed by atoms with Gasteiger partial charge in [0.1, 0.15) is 17.0 Å². The Labute approximate surface area is 197 Å². The maximum absolute atomic E-state index is 12.4. The van der Waals surface area contributed by atoms with Crippen molar-refractivity contribution in [2.45, 2.75) is 26.2 Å². The fourth-order valence-electron chi connectivity index (χ4n) is 3.40. The van der Waals surface area contributed by atoms with Crippen LogP contribution in [0, 0.1) is 0 Å². The number of hydrogen-bond donors (Lipinski definition) is 1. The van der Waals surface area contributed by atoms with E-state index in [0.717, 1.165) is 12.0 Å². The molecule has 0 bridgehead atoms. The molecule has 1 N–H and O–H groups in total. The Bertz CT molecular complexity index is 1270. The second kappa shape index (κ2) is 9.96. The summed E-state index contributed by atoms with van der Waals surface area (Å²) in [6.07, 6.45) is 1.08. The first-order valence-electron chi connectivity index (χ1n) is 10.7. The molecule has 33 heavy (non-hydrogen) atoms. The topological polar surface area (TPSA) is 73.6 Å². The van der Waals surface area contributed by atoms with Gasteiger partial charge in [-0.05, 0) is 66.4 Å². The van der Waals surface area contributed by atoms with Crippen molar-refractivity contribution in [1.82, 2.24) is 4.98 Å². The van der Waals surface area contributed by atoms with E-state index in [1.54, 1.807) is 37.4 Å². The number of carbonyl (C=O) groups is 1. The van der Waals surface area contributed by atoms with Gasteiger partial charge in [-0.15, -0.1) is 0 Å². The Balaban J connectivity index is 1.40. The van der Waals surface area contributed by atoms with E-state index in [0.29, 0.717) is 45.1 Å². The lowest BCUT2D eigenvalue weighted by atomic mass is 9.99. The molecule has 1 unspecified atom stereocenters. The lowest BCUT2D eigenvalue weighted by Gasteiger charge is -2.11. The predicted octanol–water partition coefficient (Wildman–Crippen LogP) is 6.69. The van der Waals surface area contributed by atoms with Gasteiger partial charge in [0.25, 0.3) is 5.91 Å². The highest BCUT2D eigenvalue weighted by Crippen LogP contribution is 2.32.